The second-order valence-corrected chi connectivity index (χ2v) is 7.20. The molecule has 1 heterocycles. The molecule has 1 aliphatic heterocycles. The van der Waals surface area contributed by atoms with E-state index >= 15 is 0 Å². The van der Waals surface area contributed by atoms with Gasteiger partial charge in [-0.2, -0.15) is 0 Å². The quantitative estimate of drug-likeness (QED) is 0.861. The van der Waals surface area contributed by atoms with Crippen LogP contribution >= 0.6 is 0 Å². The number of carbonyl (C=O) groups is 3. The van der Waals surface area contributed by atoms with E-state index in [9.17, 15) is 14.4 Å². The Morgan fingerprint density at radius 3 is 2.21 bits per heavy atom. The molecule has 1 aromatic carbocycles. The van der Waals surface area contributed by atoms with Gasteiger partial charge in [0, 0.05) is 11.1 Å². The molecule has 3 rings (SSSR count). The molecule has 6 nitrogen and oxygen atoms in total. The average Bonchev–Trinajstić information content (AvgIpc) is 2.85. The van der Waals surface area contributed by atoms with Crippen molar-refractivity contribution in [1.29, 1.82) is 0 Å². The van der Waals surface area contributed by atoms with Gasteiger partial charge in [-0.05, 0) is 44.0 Å². The molecule has 2 aliphatic rings. The van der Waals surface area contributed by atoms with Crippen molar-refractivity contribution in [2.45, 2.75) is 39.2 Å². The number of benzene rings is 1. The minimum Gasteiger partial charge on any atom is -0.465 e. The van der Waals surface area contributed by atoms with Crippen LogP contribution in [0.2, 0.25) is 0 Å². The molecule has 1 amide bonds. The van der Waals surface area contributed by atoms with Crippen LogP contribution in [-0.4, -0.2) is 30.6 Å². The largest absolute Gasteiger partial charge is 0.465 e. The molecule has 1 aromatic rings. The minimum atomic E-state index is -1.15. The molecule has 1 aliphatic carbocycles. The topological polar surface area (TPSA) is 81.7 Å². The standard InChI is InChI=1S/C18H21NO5/c1-16(2)17(3)9-10-18(16,24-15(17)22)14(21)19-12-7-5-11(6-8-12)13(20)23-4/h5-8H,9-10H2,1-4H3,(H,19,21)/t17-,18+/m1/s1. The summed E-state index contributed by atoms with van der Waals surface area (Å²) in [7, 11) is 1.31. The Bertz CT molecular complexity index is 723. The van der Waals surface area contributed by atoms with Crippen LogP contribution in [0.1, 0.15) is 44.0 Å². The van der Waals surface area contributed by atoms with Crippen molar-refractivity contribution in [3.8, 4) is 0 Å². The Hall–Kier alpha value is -2.37. The van der Waals surface area contributed by atoms with E-state index in [2.05, 4.69) is 10.1 Å². The zero-order valence-electron chi connectivity index (χ0n) is 14.3. The van der Waals surface area contributed by atoms with Crippen molar-refractivity contribution in [3.63, 3.8) is 0 Å². The van der Waals surface area contributed by atoms with Gasteiger partial charge in [-0.15, -0.1) is 0 Å². The van der Waals surface area contributed by atoms with E-state index in [1.165, 1.54) is 7.11 Å². The van der Waals surface area contributed by atoms with E-state index in [1.807, 2.05) is 20.8 Å². The molecule has 2 bridgehead atoms. The zero-order valence-corrected chi connectivity index (χ0v) is 14.3. The molecule has 1 saturated carbocycles. The molecule has 24 heavy (non-hydrogen) atoms. The van der Waals surface area contributed by atoms with Gasteiger partial charge in [0.2, 0.25) is 0 Å². The predicted octanol–water partition coefficient (Wildman–Crippen LogP) is 2.53. The van der Waals surface area contributed by atoms with E-state index in [1.54, 1.807) is 24.3 Å². The number of hydrogen-bond acceptors (Lipinski definition) is 5. The average molecular weight is 331 g/mol. The van der Waals surface area contributed by atoms with Crippen LogP contribution in [0.3, 0.4) is 0 Å². The highest BCUT2D eigenvalue weighted by Crippen LogP contribution is 2.65. The molecule has 0 spiro atoms. The molecular weight excluding hydrogens is 310 g/mol. The number of ether oxygens (including phenoxy) is 2. The lowest BCUT2D eigenvalue weighted by atomic mass is 9.66. The third kappa shape index (κ3) is 1.92. The fourth-order valence-corrected chi connectivity index (χ4v) is 3.79. The second-order valence-electron chi connectivity index (χ2n) is 7.20. The summed E-state index contributed by atoms with van der Waals surface area (Å²) in [5, 5.41) is 2.81. The Morgan fingerprint density at radius 2 is 1.75 bits per heavy atom. The van der Waals surface area contributed by atoms with Crippen LogP contribution in [0.4, 0.5) is 5.69 Å². The van der Waals surface area contributed by atoms with Gasteiger partial charge >= 0.3 is 11.9 Å². The number of carbonyl (C=O) groups excluding carboxylic acids is 3. The van der Waals surface area contributed by atoms with Crippen molar-refractivity contribution in [1.82, 2.24) is 0 Å². The molecule has 1 saturated heterocycles. The monoisotopic (exact) mass is 331 g/mol. The van der Waals surface area contributed by atoms with Crippen molar-refractivity contribution >= 4 is 23.5 Å². The molecule has 6 heteroatoms. The van der Waals surface area contributed by atoms with E-state index in [0.29, 0.717) is 24.1 Å². The van der Waals surface area contributed by atoms with Crippen LogP contribution in [0.5, 0.6) is 0 Å². The highest BCUT2D eigenvalue weighted by Gasteiger charge is 2.75. The number of rotatable bonds is 3. The fraction of sp³-hybridized carbons (Fsp3) is 0.500. The predicted molar refractivity (Wildman–Crippen MR) is 86.4 cm³/mol. The molecule has 0 unspecified atom stereocenters. The van der Waals surface area contributed by atoms with E-state index < -0.39 is 22.4 Å². The van der Waals surface area contributed by atoms with Crippen molar-refractivity contribution in [2.75, 3.05) is 12.4 Å². The number of amides is 1. The molecular formula is C18H21NO5. The van der Waals surface area contributed by atoms with E-state index in [0.717, 1.165) is 0 Å². The van der Waals surface area contributed by atoms with Gasteiger partial charge in [0.05, 0.1) is 18.1 Å². The Balaban J connectivity index is 1.83. The third-order valence-corrected chi connectivity index (χ3v) is 6.01. The summed E-state index contributed by atoms with van der Waals surface area (Å²) < 4.78 is 10.2. The van der Waals surface area contributed by atoms with E-state index in [4.69, 9.17) is 4.74 Å². The van der Waals surface area contributed by atoms with Crippen LogP contribution < -0.4 is 5.32 Å². The smallest absolute Gasteiger partial charge is 0.337 e. The summed E-state index contributed by atoms with van der Waals surface area (Å²) in [5.74, 6) is -1.08. The van der Waals surface area contributed by atoms with Gasteiger partial charge in [0.15, 0.2) is 5.60 Å². The lowest BCUT2D eigenvalue weighted by molar-refractivity contribution is -0.165. The summed E-state index contributed by atoms with van der Waals surface area (Å²) in [6.07, 6.45) is 1.14. The van der Waals surface area contributed by atoms with Crippen molar-refractivity contribution in [3.05, 3.63) is 29.8 Å². The zero-order chi connectivity index (χ0) is 17.8. The molecule has 2 fully saturated rings. The number of nitrogens with one attached hydrogen (secondary N) is 1. The SMILES string of the molecule is COC(=O)c1ccc(NC(=O)[C@]23CC[C@](C)(C(=O)O2)C3(C)C)cc1. The molecule has 0 radical (unpaired) electrons. The highest BCUT2D eigenvalue weighted by atomic mass is 16.6. The van der Waals surface area contributed by atoms with Gasteiger partial charge in [0.1, 0.15) is 0 Å². The van der Waals surface area contributed by atoms with Crippen molar-refractivity contribution in [2.24, 2.45) is 10.8 Å². The first-order chi connectivity index (χ1) is 11.2. The van der Waals surface area contributed by atoms with Crippen LogP contribution in [0.15, 0.2) is 24.3 Å². The normalized spacial score (nSPS) is 29.9. The summed E-state index contributed by atoms with van der Waals surface area (Å²) in [5.41, 5.74) is -1.45. The summed E-state index contributed by atoms with van der Waals surface area (Å²) in [6, 6.07) is 6.39. The first-order valence-corrected chi connectivity index (χ1v) is 7.91. The maximum atomic E-state index is 12.9. The van der Waals surface area contributed by atoms with Gasteiger partial charge in [-0.3, -0.25) is 9.59 Å². The van der Waals surface area contributed by atoms with Crippen molar-refractivity contribution < 1.29 is 23.9 Å². The Morgan fingerprint density at radius 1 is 1.12 bits per heavy atom. The number of fused-ring (bicyclic) bond motifs is 2. The number of hydrogen-bond donors (Lipinski definition) is 1. The van der Waals surface area contributed by atoms with Gasteiger partial charge < -0.3 is 14.8 Å². The number of esters is 2. The fourth-order valence-electron chi connectivity index (χ4n) is 3.79. The van der Waals surface area contributed by atoms with Gasteiger partial charge in [-0.25, -0.2) is 4.79 Å². The lowest BCUT2D eigenvalue weighted by Crippen LogP contribution is -2.50. The Labute approximate surface area is 140 Å². The molecule has 2 atom stereocenters. The molecule has 0 aromatic heterocycles. The lowest BCUT2D eigenvalue weighted by Gasteiger charge is -2.35. The van der Waals surface area contributed by atoms with Crippen LogP contribution in [0.25, 0.3) is 0 Å². The summed E-state index contributed by atoms with van der Waals surface area (Å²) >= 11 is 0. The third-order valence-electron chi connectivity index (χ3n) is 6.01. The molecule has 128 valence electrons. The maximum Gasteiger partial charge on any atom is 0.337 e. The highest BCUT2D eigenvalue weighted by molar-refractivity contribution is 6.03. The summed E-state index contributed by atoms with van der Waals surface area (Å²) in [4.78, 5) is 36.6. The van der Waals surface area contributed by atoms with Gasteiger partial charge in [0.25, 0.3) is 5.91 Å². The van der Waals surface area contributed by atoms with E-state index in [-0.39, 0.29) is 11.9 Å². The maximum absolute atomic E-state index is 12.9. The number of anilines is 1. The van der Waals surface area contributed by atoms with Gasteiger partial charge in [-0.1, -0.05) is 13.8 Å². The second kappa shape index (κ2) is 5.06. The van der Waals surface area contributed by atoms with Crippen LogP contribution in [0, 0.1) is 10.8 Å². The minimum absolute atomic E-state index is 0.310. The number of methoxy groups -OCH3 is 1. The molecule has 1 N–H and O–H groups in total. The first kappa shape index (κ1) is 16.5. The van der Waals surface area contributed by atoms with Crippen LogP contribution in [-0.2, 0) is 19.1 Å². The first-order valence-electron chi connectivity index (χ1n) is 7.91. The Kier molecular flexibility index (Phi) is 3.48. The summed E-state index contributed by atoms with van der Waals surface area (Å²) in [6.45, 7) is 5.68.